The van der Waals surface area contributed by atoms with Crippen molar-refractivity contribution in [3.05, 3.63) is 65.2 Å². The first-order valence-corrected chi connectivity index (χ1v) is 9.48. The Morgan fingerprint density at radius 1 is 0.897 bits per heavy atom. The average Bonchev–Trinajstić information content (AvgIpc) is 2.76. The van der Waals surface area contributed by atoms with E-state index >= 15 is 0 Å². The highest BCUT2D eigenvalue weighted by Crippen LogP contribution is 2.15. The van der Waals surface area contributed by atoms with Crippen molar-refractivity contribution in [2.24, 2.45) is 0 Å². The molecule has 1 N–H and O–H groups in total. The molecule has 0 unspecified atom stereocenters. The summed E-state index contributed by atoms with van der Waals surface area (Å²) < 4.78 is 9.99. The van der Waals surface area contributed by atoms with E-state index in [9.17, 15) is 14.4 Å². The van der Waals surface area contributed by atoms with E-state index in [0.29, 0.717) is 24.4 Å². The van der Waals surface area contributed by atoms with Crippen LogP contribution in [0.25, 0.3) is 0 Å². The molecule has 2 aromatic carbocycles. The van der Waals surface area contributed by atoms with Crippen molar-refractivity contribution in [3.8, 4) is 0 Å². The lowest BCUT2D eigenvalue weighted by molar-refractivity contribution is 0.0466. The molecule has 0 aliphatic carbocycles. The number of anilines is 1. The normalized spacial score (nSPS) is 10.5. The van der Waals surface area contributed by atoms with Gasteiger partial charge in [-0.1, -0.05) is 26.0 Å². The number of rotatable bonds is 9. The molecule has 7 nitrogen and oxygen atoms in total. The summed E-state index contributed by atoms with van der Waals surface area (Å²) in [6.45, 7) is 6.93. The lowest BCUT2D eigenvalue weighted by Crippen LogP contribution is -2.27. The minimum Gasteiger partial charge on any atom is -0.465 e. The molecule has 0 spiro atoms. The van der Waals surface area contributed by atoms with Crippen LogP contribution < -0.4 is 5.32 Å². The van der Waals surface area contributed by atoms with Crippen molar-refractivity contribution in [3.63, 3.8) is 0 Å². The molecular formula is C22H26N2O5. The number of ether oxygens (including phenoxy) is 2. The predicted octanol–water partition coefficient (Wildman–Crippen LogP) is 3.22. The first-order valence-electron chi connectivity index (χ1n) is 9.48. The van der Waals surface area contributed by atoms with Gasteiger partial charge in [-0.25, -0.2) is 9.59 Å². The third kappa shape index (κ3) is 6.15. The van der Waals surface area contributed by atoms with Crippen molar-refractivity contribution in [2.75, 3.05) is 38.7 Å². The van der Waals surface area contributed by atoms with E-state index in [4.69, 9.17) is 9.47 Å². The third-order valence-corrected chi connectivity index (χ3v) is 4.49. The van der Waals surface area contributed by atoms with Gasteiger partial charge in [0.25, 0.3) is 5.91 Å². The second-order valence-electron chi connectivity index (χ2n) is 6.23. The molecule has 0 aromatic heterocycles. The van der Waals surface area contributed by atoms with E-state index in [1.165, 1.54) is 13.2 Å². The molecule has 0 saturated carbocycles. The van der Waals surface area contributed by atoms with Gasteiger partial charge in [-0.2, -0.15) is 0 Å². The predicted molar refractivity (Wildman–Crippen MR) is 110 cm³/mol. The molecule has 0 bridgehead atoms. The second-order valence-corrected chi connectivity index (χ2v) is 6.23. The van der Waals surface area contributed by atoms with Crippen molar-refractivity contribution in [1.82, 2.24) is 4.90 Å². The Labute approximate surface area is 170 Å². The van der Waals surface area contributed by atoms with Crippen molar-refractivity contribution in [2.45, 2.75) is 13.8 Å². The molecule has 0 aliphatic heterocycles. The number of amides is 1. The summed E-state index contributed by atoms with van der Waals surface area (Å²) in [5, 5.41) is 2.71. The van der Waals surface area contributed by atoms with Crippen molar-refractivity contribution in [1.29, 1.82) is 0 Å². The molecule has 0 aliphatic rings. The quantitative estimate of drug-likeness (QED) is 0.653. The number of nitrogens with zero attached hydrogens (tertiary/aromatic N) is 1. The molecule has 0 radical (unpaired) electrons. The molecular weight excluding hydrogens is 372 g/mol. The highest BCUT2D eigenvalue weighted by molar-refractivity contribution is 6.11. The number of esters is 2. The standard InChI is InChI=1S/C22H26N2O5/c1-4-24(5-2)14-15-29-21(26)16-10-12-17(13-11-16)23-20(25)18-8-6-7-9-19(18)22(27)28-3/h6-13H,4-5,14-15H2,1-3H3,(H,23,25). The fourth-order valence-electron chi connectivity index (χ4n) is 2.75. The Bertz CT molecular complexity index is 845. The zero-order valence-electron chi connectivity index (χ0n) is 16.9. The Balaban J connectivity index is 1.98. The van der Waals surface area contributed by atoms with Crippen LogP contribution in [0.1, 0.15) is 44.9 Å². The Morgan fingerprint density at radius 2 is 1.52 bits per heavy atom. The fourth-order valence-corrected chi connectivity index (χ4v) is 2.75. The van der Waals surface area contributed by atoms with Crippen LogP contribution in [0.3, 0.4) is 0 Å². The van der Waals surface area contributed by atoms with Crippen LogP contribution in [0.4, 0.5) is 5.69 Å². The van der Waals surface area contributed by atoms with Gasteiger partial charge in [-0.05, 0) is 49.5 Å². The first-order chi connectivity index (χ1) is 14.0. The third-order valence-electron chi connectivity index (χ3n) is 4.49. The van der Waals surface area contributed by atoms with Gasteiger partial charge in [0.15, 0.2) is 0 Å². The van der Waals surface area contributed by atoms with E-state index in [1.54, 1.807) is 42.5 Å². The Kier molecular flexibility index (Phi) is 8.36. The number of nitrogens with one attached hydrogen (secondary N) is 1. The number of hydrogen-bond donors (Lipinski definition) is 1. The summed E-state index contributed by atoms with van der Waals surface area (Å²) >= 11 is 0. The molecule has 29 heavy (non-hydrogen) atoms. The summed E-state index contributed by atoms with van der Waals surface area (Å²) in [7, 11) is 1.26. The Morgan fingerprint density at radius 3 is 2.10 bits per heavy atom. The van der Waals surface area contributed by atoms with Gasteiger partial charge in [0.1, 0.15) is 6.61 Å². The SMILES string of the molecule is CCN(CC)CCOC(=O)c1ccc(NC(=O)c2ccccc2C(=O)OC)cc1. The van der Waals surface area contributed by atoms with E-state index in [1.807, 2.05) is 0 Å². The lowest BCUT2D eigenvalue weighted by atomic mass is 10.1. The van der Waals surface area contributed by atoms with Crippen LogP contribution in [0.2, 0.25) is 0 Å². The smallest absolute Gasteiger partial charge is 0.338 e. The van der Waals surface area contributed by atoms with E-state index < -0.39 is 17.8 Å². The molecule has 7 heteroatoms. The first kappa shape index (κ1) is 22.1. The maximum Gasteiger partial charge on any atom is 0.338 e. The summed E-state index contributed by atoms with van der Waals surface area (Å²) in [5.41, 5.74) is 1.28. The molecule has 154 valence electrons. The van der Waals surface area contributed by atoms with Crippen molar-refractivity contribution >= 4 is 23.5 Å². The van der Waals surface area contributed by atoms with Gasteiger partial charge in [0.05, 0.1) is 23.8 Å². The van der Waals surface area contributed by atoms with E-state index in [-0.39, 0.29) is 11.1 Å². The van der Waals surface area contributed by atoms with Crippen LogP contribution in [0.5, 0.6) is 0 Å². The number of benzene rings is 2. The molecule has 0 heterocycles. The van der Waals surface area contributed by atoms with Crippen molar-refractivity contribution < 1.29 is 23.9 Å². The van der Waals surface area contributed by atoms with E-state index in [2.05, 4.69) is 24.1 Å². The fraction of sp³-hybridized carbons (Fsp3) is 0.318. The zero-order valence-corrected chi connectivity index (χ0v) is 16.9. The highest BCUT2D eigenvalue weighted by Gasteiger charge is 2.17. The average molecular weight is 398 g/mol. The Hall–Kier alpha value is -3.19. The van der Waals surface area contributed by atoms with Gasteiger partial charge >= 0.3 is 11.9 Å². The lowest BCUT2D eigenvalue weighted by Gasteiger charge is -2.17. The van der Waals surface area contributed by atoms with Gasteiger partial charge in [-0.3, -0.25) is 4.79 Å². The topological polar surface area (TPSA) is 84.9 Å². The van der Waals surface area contributed by atoms with Gasteiger partial charge in [0, 0.05) is 12.2 Å². The summed E-state index contributed by atoms with van der Waals surface area (Å²) in [6, 6.07) is 12.8. The minimum atomic E-state index is -0.585. The highest BCUT2D eigenvalue weighted by atomic mass is 16.5. The van der Waals surface area contributed by atoms with Crippen LogP contribution in [0.15, 0.2) is 48.5 Å². The minimum absolute atomic E-state index is 0.181. The van der Waals surface area contributed by atoms with E-state index in [0.717, 1.165) is 13.1 Å². The second kappa shape index (κ2) is 11.0. The molecule has 0 saturated heterocycles. The molecule has 0 atom stereocenters. The largest absolute Gasteiger partial charge is 0.465 e. The van der Waals surface area contributed by atoms with Crippen LogP contribution in [0, 0.1) is 0 Å². The van der Waals surface area contributed by atoms with Crippen LogP contribution in [-0.4, -0.2) is 56.1 Å². The van der Waals surface area contributed by atoms with Gasteiger partial charge in [0.2, 0.25) is 0 Å². The number of likely N-dealkylation sites (N-methyl/N-ethyl adjacent to an activating group) is 1. The molecule has 0 fully saturated rings. The van der Waals surface area contributed by atoms with Crippen LogP contribution in [-0.2, 0) is 9.47 Å². The van der Waals surface area contributed by atoms with Crippen LogP contribution >= 0.6 is 0 Å². The van der Waals surface area contributed by atoms with Gasteiger partial charge in [-0.15, -0.1) is 0 Å². The molecule has 1 amide bonds. The monoisotopic (exact) mass is 398 g/mol. The maximum absolute atomic E-state index is 12.5. The number of hydrogen-bond acceptors (Lipinski definition) is 6. The summed E-state index contributed by atoms with van der Waals surface area (Å²) in [6.07, 6.45) is 0. The van der Waals surface area contributed by atoms with Gasteiger partial charge < -0.3 is 19.7 Å². The zero-order chi connectivity index (χ0) is 21.2. The number of carbonyl (C=O) groups is 3. The molecule has 2 aromatic rings. The molecule has 2 rings (SSSR count). The summed E-state index contributed by atoms with van der Waals surface area (Å²) in [5.74, 6) is -1.44. The number of carbonyl (C=O) groups excluding carboxylic acids is 3. The number of methoxy groups -OCH3 is 1. The maximum atomic E-state index is 12.5. The summed E-state index contributed by atoms with van der Waals surface area (Å²) in [4.78, 5) is 38.6.